The number of carbonyl (C=O) groups excluding carboxylic acids is 1. The molecule has 3 N–H and O–H groups in total. The molecule has 1 fully saturated rings. The number of thioether (sulfide) groups is 1. The van der Waals surface area contributed by atoms with Gasteiger partial charge in [0.15, 0.2) is 0 Å². The molecule has 1 saturated heterocycles. The lowest BCUT2D eigenvalue weighted by Crippen LogP contribution is -2.36. The molecule has 0 aliphatic carbocycles. The summed E-state index contributed by atoms with van der Waals surface area (Å²) in [5.41, 5.74) is 2.74. The number of anilines is 3. The van der Waals surface area contributed by atoms with E-state index in [2.05, 4.69) is 10.1 Å². The predicted octanol–water partition coefficient (Wildman–Crippen LogP) is 7.46. The number of nitrogens with one attached hydrogen (secondary N) is 2. The highest BCUT2D eigenvalue weighted by molar-refractivity contribution is 8.00. The van der Waals surface area contributed by atoms with E-state index in [1.165, 1.54) is 55.3 Å². The number of ether oxygens (including phenoxy) is 1. The third-order valence-electron chi connectivity index (χ3n) is 8.42. The number of phenols is 1. The van der Waals surface area contributed by atoms with Gasteiger partial charge in [-0.1, -0.05) is 59.6 Å². The van der Waals surface area contributed by atoms with Crippen LogP contribution in [0, 0.1) is 0 Å². The van der Waals surface area contributed by atoms with E-state index >= 15 is 0 Å². The highest BCUT2D eigenvalue weighted by Crippen LogP contribution is 2.45. The van der Waals surface area contributed by atoms with E-state index in [1.54, 1.807) is 53.4 Å². The van der Waals surface area contributed by atoms with Gasteiger partial charge in [0.1, 0.15) is 22.7 Å². The number of benzene rings is 5. The van der Waals surface area contributed by atoms with Crippen LogP contribution in [0.25, 0.3) is 10.9 Å². The number of nitrogens with zero attached hydrogens (tertiary/aromatic N) is 3. The Kier molecular flexibility index (Phi) is 9.77. The van der Waals surface area contributed by atoms with Crippen molar-refractivity contribution in [2.75, 3.05) is 27.9 Å². The van der Waals surface area contributed by atoms with E-state index in [-0.39, 0.29) is 39.9 Å². The van der Waals surface area contributed by atoms with Crippen LogP contribution in [-0.4, -0.2) is 42.0 Å². The zero-order valence-corrected chi connectivity index (χ0v) is 30.4. The van der Waals surface area contributed by atoms with Crippen LogP contribution in [0.15, 0.2) is 119 Å². The number of hydrogen-bond donors (Lipinski definition) is 3. The van der Waals surface area contributed by atoms with E-state index in [4.69, 9.17) is 32.9 Å². The normalized spacial score (nSPS) is 14.5. The van der Waals surface area contributed by atoms with Crippen LogP contribution in [0.5, 0.6) is 11.5 Å². The maximum atomic E-state index is 13.9. The number of hydrogen-bond acceptors (Lipinski definition) is 9. The fourth-order valence-corrected chi connectivity index (χ4v) is 8.63. The molecule has 0 saturated carbocycles. The van der Waals surface area contributed by atoms with Gasteiger partial charge in [-0.2, -0.15) is 13.1 Å². The second-order valence-electron chi connectivity index (χ2n) is 11.7. The molecule has 1 atom stereocenters. The Hall–Kier alpha value is -5.21. The van der Waals surface area contributed by atoms with Crippen LogP contribution in [0.4, 0.5) is 17.1 Å². The van der Waals surface area contributed by atoms with Crippen molar-refractivity contribution in [3.05, 3.63) is 147 Å². The van der Waals surface area contributed by atoms with E-state index in [0.29, 0.717) is 49.5 Å². The molecule has 15 heteroatoms. The molecule has 1 aliphatic heterocycles. The van der Waals surface area contributed by atoms with Crippen LogP contribution in [0.1, 0.15) is 22.3 Å². The summed E-state index contributed by atoms with van der Waals surface area (Å²) in [6, 6.07) is 29.6. The number of fused-ring (bicyclic) bond motifs is 1. The molecular weight excluding hydrogens is 745 g/mol. The van der Waals surface area contributed by atoms with E-state index < -0.39 is 21.0 Å². The second-order valence-corrected chi connectivity index (χ2v) is 15.2. The van der Waals surface area contributed by atoms with Gasteiger partial charge in [-0.15, -0.1) is 11.8 Å². The van der Waals surface area contributed by atoms with E-state index in [0.717, 1.165) is 4.68 Å². The van der Waals surface area contributed by atoms with Crippen LogP contribution in [0.2, 0.25) is 10.0 Å². The SMILES string of the molecule is COc1cc(O)ccc1C1SCC(=O)N1c1ccc(S(=O)(=O)Nn2c(Cc3ccccc3Nc3c(Cl)cccc3Cl)nc3ccccc3c2=O)cc1. The van der Waals surface area contributed by atoms with Gasteiger partial charge in [0.25, 0.3) is 15.6 Å². The number of sulfonamides is 1. The van der Waals surface area contributed by atoms with Gasteiger partial charge in [-0.3, -0.25) is 14.5 Å². The number of rotatable bonds is 10. The van der Waals surface area contributed by atoms with Crippen molar-refractivity contribution in [3.8, 4) is 11.5 Å². The smallest absolute Gasteiger partial charge is 0.280 e. The minimum Gasteiger partial charge on any atom is -0.508 e. The highest BCUT2D eigenvalue weighted by atomic mass is 35.5. The van der Waals surface area contributed by atoms with Crippen molar-refractivity contribution >= 4 is 78.9 Å². The first kappa shape index (κ1) is 35.2. The summed E-state index contributed by atoms with van der Waals surface area (Å²) in [4.78, 5) is 35.5. The zero-order valence-electron chi connectivity index (χ0n) is 27.3. The number of aromatic hydroxyl groups is 1. The van der Waals surface area contributed by atoms with Crippen molar-refractivity contribution in [2.24, 2.45) is 0 Å². The fourth-order valence-electron chi connectivity index (χ4n) is 5.91. The Morgan fingerprint density at radius 1 is 0.923 bits per heavy atom. The molecule has 0 bridgehead atoms. The van der Waals surface area contributed by atoms with Crippen LogP contribution in [-0.2, 0) is 21.2 Å². The summed E-state index contributed by atoms with van der Waals surface area (Å²) in [5, 5.41) is 13.8. The molecule has 6 aromatic rings. The average molecular weight is 775 g/mol. The molecule has 0 spiro atoms. The Bertz CT molecular complexity index is 2490. The van der Waals surface area contributed by atoms with Crippen molar-refractivity contribution in [1.29, 1.82) is 0 Å². The Morgan fingerprint density at radius 3 is 2.38 bits per heavy atom. The zero-order chi connectivity index (χ0) is 36.6. The standard InChI is InChI=1S/C37H29Cl2N5O6S2/c1-50-32-20-24(45)15-18-27(32)37-43(34(46)21-51-37)23-13-16-25(17-14-23)52(48,49)42-44-33(40-31-12-5-3-8-26(31)36(44)47)19-22-7-2-4-11-30(22)41-35-28(38)9-6-10-29(35)39/h2-18,20,37,41-42,45H,19,21H2,1H3. The molecule has 2 heterocycles. The minimum atomic E-state index is -4.36. The average Bonchev–Trinajstić information content (AvgIpc) is 3.52. The van der Waals surface area contributed by atoms with Gasteiger partial charge in [0, 0.05) is 29.4 Å². The maximum absolute atomic E-state index is 13.9. The molecule has 1 aromatic heterocycles. The van der Waals surface area contributed by atoms with Crippen molar-refractivity contribution in [3.63, 3.8) is 0 Å². The number of halogens is 2. The van der Waals surface area contributed by atoms with Gasteiger partial charge < -0.3 is 15.2 Å². The monoisotopic (exact) mass is 773 g/mol. The van der Waals surface area contributed by atoms with Crippen LogP contribution < -0.4 is 25.3 Å². The largest absolute Gasteiger partial charge is 0.508 e. The molecule has 5 aromatic carbocycles. The predicted molar refractivity (Wildman–Crippen MR) is 205 cm³/mol. The van der Waals surface area contributed by atoms with Crippen LogP contribution >= 0.6 is 35.0 Å². The molecule has 1 amide bonds. The second kappa shape index (κ2) is 14.4. The van der Waals surface area contributed by atoms with Gasteiger partial charge >= 0.3 is 0 Å². The summed E-state index contributed by atoms with van der Waals surface area (Å²) in [6.45, 7) is 0. The number of phenolic OH excluding ortho intramolecular Hbond substituents is 1. The highest BCUT2D eigenvalue weighted by Gasteiger charge is 2.36. The fraction of sp³-hybridized carbons (Fsp3) is 0.108. The van der Waals surface area contributed by atoms with E-state index in [9.17, 15) is 23.1 Å². The van der Waals surface area contributed by atoms with Crippen molar-refractivity contribution in [2.45, 2.75) is 16.7 Å². The first-order chi connectivity index (χ1) is 25.0. The quantitative estimate of drug-likeness (QED) is 0.129. The molecule has 1 aliphatic rings. The molecule has 0 radical (unpaired) electrons. The molecule has 11 nitrogen and oxygen atoms in total. The summed E-state index contributed by atoms with van der Waals surface area (Å²) in [7, 11) is -2.88. The van der Waals surface area contributed by atoms with Crippen molar-refractivity contribution < 1.29 is 23.1 Å². The van der Waals surface area contributed by atoms with Gasteiger partial charge in [0.2, 0.25) is 5.91 Å². The number of aromatic nitrogens is 2. The molecule has 52 heavy (non-hydrogen) atoms. The molecule has 1 unspecified atom stereocenters. The number of amides is 1. The number of para-hydroxylation sites is 3. The summed E-state index contributed by atoms with van der Waals surface area (Å²) in [5.74, 6) is 0.589. The summed E-state index contributed by atoms with van der Waals surface area (Å²) < 4.78 is 34.2. The third-order valence-corrected chi connectivity index (χ3v) is 11.6. The number of methoxy groups -OCH3 is 1. The molecular formula is C37H29Cl2N5O6S2. The van der Waals surface area contributed by atoms with E-state index in [1.807, 2.05) is 24.3 Å². The maximum Gasteiger partial charge on any atom is 0.280 e. The van der Waals surface area contributed by atoms with Crippen LogP contribution in [0.3, 0.4) is 0 Å². The summed E-state index contributed by atoms with van der Waals surface area (Å²) in [6.07, 6.45) is 0.0453. The topological polar surface area (TPSA) is 143 Å². The van der Waals surface area contributed by atoms with Crippen molar-refractivity contribution in [1.82, 2.24) is 9.66 Å². The Labute approximate surface area is 312 Å². The third kappa shape index (κ3) is 6.87. The lowest BCUT2D eigenvalue weighted by atomic mass is 10.1. The van der Waals surface area contributed by atoms with Gasteiger partial charge in [-0.05, 0) is 72.3 Å². The van der Waals surface area contributed by atoms with Gasteiger partial charge in [-0.25, -0.2) is 9.82 Å². The minimum absolute atomic E-state index is 0.0234. The molecule has 7 rings (SSSR count). The lowest BCUT2D eigenvalue weighted by Gasteiger charge is -2.26. The number of carbonyl (C=O) groups is 1. The van der Waals surface area contributed by atoms with Gasteiger partial charge in [0.05, 0.1) is 44.4 Å². The molecule has 264 valence electrons. The first-order valence-electron chi connectivity index (χ1n) is 15.8. The summed E-state index contributed by atoms with van der Waals surface area (Å²) >= 11 is 14.2. The first-order valence-corrected chi connectivity index (χ1v) is 19.1. The lowest BCUT2D eigenvalue weighted by molar-refractivity contribution is -0.115. The Morgan fingerprint density at radius 2 is 1.63 bits per heavy atom. The Balaban J connectivity index is 1.22.